The molecule has 0 atom stereocenters. The van der Waals surface area contributed by atoms with Crippen LogP contribution in [-0.2, 0) is 21.2 Å². The average Bonchev–Trinajstić information content (AvgIpc) is 2.60. The Balaban J connectivity index is 2.08. The fourth-order valence-electron chi connectivity index (χ4n) is 2.62. The number of rotatable bonds is 7. The van der Waals surface area contributed by atoms with Crippen molar-refractivity contribution in [3.63, 3.8) is 0 Å². The monoisotopic (exact) mass is 427 g/mol. The van der Waals surface area contributed by atoms with E-state index in [4.69, 9.17) is 23.2 Å². The molecule has 0 aliphatic rings. The van der Waals surface area contributed by atoms with Gasteiger partial charge in [0.05, 0.1) is 20.7 Å². The van der Waals surface area contributed by atoms with Gasteiger partial charge in [0, 0.05) is 19.0 Å². The van der Waals surface area contributed by atoms with E-state index >= 15 is 0 Å². The molecule has 2 rings (SSSR count). The molecule has 2 aromatic carbocycles. The third-order valence-electron chi connectivity index (χ3n) is 4.25. The summed E-state index contributed by atoms with van der Waals surface area (Å²) in [6, 6.07) is 11.8. The van der Waals surface area contributed by atoms with Gasteiger partial charge in [-0.2, -0.15) is 0 Å². The Labute approximate surface area is 171 Å². The first-order valence-electron chi connectivity index (χ1n) is 8.63. The van der Waals surface area contributed by atoms with Crippen molar-refractivity contribution < 1.29 is 13.2 Å². The second kappa shape index (κ2) is 9.09. The zero-order valence-electron chi connectivity index (χ0n) is 15.6. The molecule has 7 heteroatoms. The summed E-state index contributed by atoms with van der Waals surface area (Å²) in [6.07, 6.45) is -0.0737. The molecule has 0 aromatic heterocycles. The molecule has 0 radical (unpaired) electrons. The number of hydrogen-bond donors (Lipinski definition) is 0. The Hall–Kier alpha value is -1.56. The van der Waals surface area contributed by atoms with Gasteiger partial charge in [0.2, 0.25) is 5.91 Å². The summed E-state index contributed by atoms with van der Waals surface area (Å²) in [5, 5.41) is 0.874. The Kier molecular flexibility index (Phi) is 7.32. The van der Waals surface area contributed by atoms with E-state index in [1.54, 1.807) is 47.4 Å². The molecule has 0 aliphatic carbocycles. The number of amides is 1. The van der Waals surface area contributed by atoms with Crippen LogP contribution in [0.15, 0.2) is 47.4 Å². The molecule has 27 heavy (non-hydrogen) atoms. The van der Waals surface area contributed by atoms with E-state index in [-0.39, 0.29) is 29.0 Å². The van der Waals surface area contributed by atoms with Crippen LogP contribution in [0, 0.1) is 6.92 Å². The summed E-state index contributed by atoms with van der Waals surface area (Å²) in [4.78, 5) is 14.6. The lowest BCUT2D eigenvalue weighted by atomic mass is 10.1. The number of sulfone groups is 1. The van der Waals surface area contributed by atoms with Crippen LogP contribution in [0.3, 0.4) is 0 Å². The van der Waals surface area contributed by atoms with E-state index in [0.717, 1.165) is 11.1 Å². The highest BCUT2D eigenvalue weighted by Crippen LogP contribution is 2.24. The first kappa shape index (κ1) is 21.7. The van der Waals surface area contributed by atoms with Crippen molar-refractivity contribution in [3.05, 3.63) is 63.6 Å². The fourth-order valence-corrected chi connectivity index (χ4v) is 4.17. The van der Waals surface area contributed by atoms with E-state index in [0.29, 0.717) is 16.6 Å². The molecule has 0 saturated heterocycles. The number of aryl methyl sites for hydroxylation is 1. The molecular formula is C20H23Cl2NO3S. The lowest BCUT2D eigenvalue weighted by Gasteiger charge is -2.27. The summed E-state index contributed by atoms with van der Waals surface area (Å²) in [7, 11) is -3.50. The number of benzene rings is 2. The van der Waals surface area contributed by atoms with Crippen LogP contribution < -0.4 is 0 Å². The predicted octanol–water partition coefficient (Wildman–Crippen LogP) is 4.90. The molecule has 0 heterocycles. The van der Waals surface area contributed by atoms with Crippen LogP contribution >= 0.6 is 23.2 Å². The summed E-state index contributed by atoms with van der Waals surface area (Å²) >= 11 is 12.0. The second-order valence-corrected chi connectivity index (χ2v) is 9.67. The maximum atomic E-state index is 12.7. The summed E-state index contributed by atoms with van der Waals surface area (Å²) in [5.41, 5.74) is 1.82. The molecular weight excluding hydrogens is 405 g/mol. The minimum atomic E-state index is -3.50. The summed E-state index contributed by atoms with van der Waals surface area (Å²) in [5.74, 6) is -0.439. The van der Waals surface area contributed by atoms with Gasteiger partial charge in [0.25, 0.3) is 0 Å². The van der Waals surface area contributed by atoms with Gasteiger partial charge in [-0.15, -0.1) is 0 Å². The van der Waals surface area contributed by atoms with Gasteiger partial charge in [-0.1, -0.05) is 47.0 Å². The molecule has 0 fully saturated rings. The summed E-state index contributed by atoms with van der Waals surface area (Å²) in [6.45, 7) is 6.02. The zero-order chi connectivity index (χ0) is 20.2. The number of halogens is 2. The zero-order valence-corrected chi connectivity index (χ0v) is 17.9. The van der Waals surface area contributed by atoms with E-state index in [1.165, 1.54) is 0 Å². The highest BCUT2D eigenvalue weighted by atomic mass is 35.5. The molecule has 2 aromatic rings. The molecule has 0 N–H and O–H groups in total. The third kappa shape index (κ3) is 5.96. The van der Waals surface area contributed by atoms with Crippen LogP contribution in [-0.4, -0.2) is 31.0 Å². The van der Waals surface area contributed by atoms with Crippen LogP contribution in [0.2, 0.25) is 10.0 Å². The maximum Gasteiger partial charge on any atom is 0.224 e. The van der Waals surface area contributed by atoms with Crippen molar-refractivity contribution in [2.45, 2.75) is 44.7 Å². The second-order valence-electron chi connectivity index (χ2n) is 6.75. The van der Waals surface area contributed by atoms with E-state index in [2.05, 4.69) is 0 Å². The highest BCUT2D eigenvalue weighted by Gasteiger charge is 2.22. The van der Waals surface area contributed by atoms with E-state index in [1.807, 2.05) is 20.8 Å². The number of carbonyl (C=O) groups excluding carboxylic acids is 1. The smallest absolute Gasteiger partial charge is 0.224 e. The third-order valence-corrected chi connectivity index (χ3v) is 6.72. The number of carbonyl (C=O) groups is 1. The molecule has 0 bridgehead atoms. The lowest BCUT2D eigenvalue weighted by Crippen LogP contribution is -2.37. The van der Waals surface area contributed by atoms with Gasteiger partial charge < -0.3 is 4.90 Å². The molecule has 1 amide bonds. The molecule has 0 spiro atoms. The molecule has 0 unspecified atom stereocenters. The first-order valence-corrected chi connectivity index (χ1v) is 11.0. The Morgan fingerprint density at radius 2 is 1.67 bits per heavy atom. The fraction of sp³-hybridized carbons (Fsp3) is 0.350. The Morgan fingerprint density at radius 1 is 1.04 bits per heavy atom. The van der Waals surface area contributed by atoms with Crippen LogP contribution in [0.1, 0.15) is 31.4 Å². The normalized spacial score (nSPS) is 11.6. The maximum absolute atomic E-state index is 12.7. The van der Waals surface area contributed by atoms with Crippen molar-refractivity contribution in [1.29, 1.82) is 0 Å². The highest BCUT2D eigenvalue weighted by molar-refractivity contribution is 7.91. The number of hydrogen-bond acceptors (Lipinski definition) is 3. The number of nitrogens with zero attached hydrogens (tertiary/aromatic N) is 1. The van der Waals surface area contributed by atoms with E-state index in [9.17, 15) is 13.2 Å². The molecule has 0 aliphatic heterocycles. The van der Waals surface area contributed by atoms with E-state index < -0.39 is 9.84 Å². The van der Waals surface area contributed by atoms with Crippen molar-refractivity contribution in [2.24, 2.45) is 0 Å². The average molecular weight is 428 g/mol. The van der Waals surface area contributed by atoms with Gasteiger partial charge >= 0.3 is 0 Å². The minimum absolute atomic E-state index is 0.0737. The SMILES string of the molecule is Cc1ccc(S(=O)(=O)CCC(=O)N(Cc2ccc(Cl)c(Cl)c2)C(C)C)cc1. The van der Waals surface area contributed by atoms with Crippen molar-refractivity contribution in [2.75, 3.05) is 5.75 Å². The topological polar surface area (TPSA) is 54.5 Å². The van der Waals surface area contributed by atoms with Crippen molar-refractivity contribution >= 4 is 38.9 Å². The molecule has 4 nitrogen and oxygen atoms in total. The van der Waals surface area contributed by atoms with Gasteiger partial charge in [0.1, 0.15) is 0 Å². The molecule has 0 saturated carbocycles. The lowest BCUT2D eigenvalue weighted by molar-refractivity contribution is -0.133. The largest absolute Gasteiger partial charge is 0.336 e. The van der Waals surface area contributed by atoms with Crippen LogP contribution in [0.25, 0.3) is 0 Å². The van der Waals surface area contributed by atoms with Crippen LogP contribution in [0.4, 0.5) is 0 Å². The van der Waals surface area contributed by atoms with Crippen molar-refractivity contribution in [1.82, 2.24) is 4.90 Å². The summed E-state index contributed by atoms with van der Waals surface area (Å²) < 4.78 is 25.0. The van der Waals surface area contributed by atoms with Gasteiger partial charge in [-0.3, -0.25) is 4.79 Å². The standard InChI is InChI=1S/C20H23Cl2NO3S/c1-14(2)23(13-16-6-9-18(21)19(22)12-16)20(24)10-11-27(25,26)17-7-4-15(3)5-8-17/h4-9,12,14H,10-11,13H2,1-3H3. The quantitative estimate of drug-likeness (QED) is 0.630. The minimum Gasteiger partial charge on any atom is -0.336 e. The Morgan fingerprint density at radius 3 is 2.22 bits per heavy atom. The first-order chi connectivity index (χ1) is 12.6. The van der Waals surface area contributed by atoms with Gasteiger partial charge in [-0.05, 0) is 50.6 Å². The predicted molar refractivity (Wildman–Crippen MR) is 110 cm³/mol. The molecule has 146 valence electrons. The van der Waals surface area contributed by atoms with Crippen molar-refractivity contribution in [3.8, 4) is 0 Å². The van der Waals surface area contributed by atoms with Crippen LogP contribution in [0.5, 0.6) is 0 Å². The Bertz CT molecular complexity index is 909. The van der Waals surface area contributed by atoms with Gasteiger partial charge in [-0.25, -0.2) is 8.42 Å². The van der Waals surface area contributed by atoms with Gasteiger partial charge in [0.15, 0.2) is 9.84 Å².